The molecule has 1 saturated heterocycles. The molecule has 0 unspecified atom stereocenters. The maximum atomic E-state index is 4.19. The zero-order chi connectivity index (χ0) is 17.7. The molecule has 1 aromatic rings. The standard InChI is InChI=1S/C21H29BrN2/c1-7-20(4,5)21-11-13-23(6)19(21)24(12-10-15(2)3)18-14-16(22)8-9-17(18)21/h7-10,14,19H,1,11-13H2,2-6H3/t19-,21-/m0/s1. The first-order valence-corrected chi connectivity index (χ1v) is 9.58. The second-order valence-electron chi connectivity index (χ2n) is 8.10. The summed E-state index contributed by atoms with van der Waals surface area (Å²) in [5, 5.41) is 0. The van der Waals surface area contributed by atoms with Crippen LogP contribution in [0, 0.1) is 5.41 Å². The van der Waals surface area contributed by atoms with Crippen LogP contribution in [0.1, 0.15) is 39.7 Å². The summed E-state index contributed by atoms with van der Waals surface area (Å²) in [6.45, 7) is 15.3. The number of nitrogens with zero attached hydrogens (tertiary/aromatic N) is 2. The summed E-state index contributed by atoms with van der Waals surface area (Å²) < 4.78 is 1.15. The van der Waals surface area contributed by atoms with E-state index in [4.69, 9.17) is 0 Å². The van der Waals surface area contributed by atoms with Crippen LogP contribution < -0.4 is 4.90 Å². The van der Waals surface area contributed by atoms with Gasteiger partial charge < -0.3 is 4.90 Å². The lowest BCUT2D eigenvalue weighted by Gasteiger charge is -2.45. The van der Waals surface area contributed by atoms with Crippen LogP contribution in [-0.4, -0.2) is 31.2 Å². The zero-order valence-corrected chi connectivity index (χ0v) is 17.2. The Bertz CT molecular complexity index is 687. The number of allylic oxidation sites excluding steroid dienone is 2. The first-order valence-electron chi connectivity index (χ1n) is 8.78. The van der Waals surface area contributed by atoms with Crippen LogP contribution in [-0.2, 0) is 5.41 Å². The lowest BCUT2D eigenvalue weighted by molar-refractivity contribution is 0.161. The van der Waals surface area contributed by atoms with Crippen LogP contribution in [0.15, 0.2) is 47.0 Å². The molecule has 0 radical (unpaired) electrons. The molecule has 2 aliphatic rings. The van der Waals surface area contributed by atoms with Gasteiger partial charge in [0.2, 0.25) is 0 Å². The van der Waals surface area contributed by atoms with E-state index in [1.165, 1.54) is 23.2 Å². The number of hydrogen-bond donors (Lipinski definition) is 0. The van der Waals surface area contributed by atoms with Gasteiger partial charge in [-0.05, 0) is 50.4 Å². The number of halogens is 1. The van der Waals surface area contributed by atoms with E-state index in [0.717, 1.165) is 17.6 Å². The Hall–Kier alpha value is -1.06. The van der Waals surface area contributed by atoms with E-state index in [1.54, 1.807) is 0 Å². The Kier molecular flexibility index (Phi) is 4.46. The highest BCUT2D eigenvalue weighted by Crippen LogP contribution is 2.60. The van der Waals surface area contributed by atoms with Crippen LogP contribution >= 0.6 is 15.9 Å². The molecule has 0 aliphatic carbocycles. The van der Waals surface area contributed by atoms with Crippen molar-refractivity contribution in [3.8, 4) is 0 Å². The van der Waals surface area contributed by atoms with Gasteiger partial charge in [-0.15, -0.1) is 6.58 Å². The molecule has 0 bridgehead atoms. The van der Waals surface area contributed by atoms with Crippen LogP contribution in [0.3, 0.4) is 0 Å². The third kappa shape index (κ3) is 2.40. The van der Waals surface area contributed by atoms with E-state index in [2.05, 4.69) is 97.4 Å². The number of anilines is 1. The topological polar surface area (TPSA) is 6.48 Å². The summed E-state index contributed by atoms with van der Waals surface area (Å²) in [7, 11) is 2.27. The molecule has 3 heteroatoms. The van der Waals surface area contributed by atoms with Gasteiger partial charge in [-0.25, -0.2) is 0 Å². The first kappa shape index (κ1) is 17.8. The molecular formula is C21H29BrN2. The maximum absolute atomic E-state index is 4.19. The lowest BCUT2D eigenvalue weighted by Crippen LogP contribution is -2.54. The molecule has 2 nitrogen and oxygen atoms in total. The quantitative estimate of drug-likeness (QED) is 0.641. The average molecular weight is 389 g/mol. The molecule has 0 saturated carbocycles. The minimum atomic E-state index is 0.0325. The maximum Gasteiger partial charge on any atom is 0.0929 e. The summed E-state index contributed by atoms with van der Waals surface area (Å²) in [6, 6.07) is 6.82. The molecule has 0 spiro atoms. The van der Waals surface area contributed by atoms with Crippen molar-refractivity contribution in [2.75, 3.05) is 25.0 Å². The van der Waals surface area contributed by atoms with Gasteiger partial charge in [0.15, 0.2) is 0 Å². The monoisotopic (exact) mass is 388 g/mol. The summed E-state index contributed by atoms with van der Waals surface area (Å²) in [5.41, 5.74) is 4.34. The van der Waals surface area contributed by atoms with Gasteiger partial charge in [0.1, 0.15) is 0 Å². The number of benzene rings is 1. The highest BCUT2D eigenvalue weighted by atomic mass is 79.9. The van der Waals surface area contributed by atoms with Gasteiger partial charge in [0, 0.05) is 28.7 Å². The van der Waals surface area contributed by atoms with E-state index in [0.29, 0.717) is 6.17 Å². The molecule has 3 rings (SSSR count). The summed E-state index contributed by atoms with van der Waals surface area (Å²) in [4.78, 5) is 5.11. The fraction of sp³-hybridized carbons (Fsp3) is 0.524. The van der Waals surface area contributed by atoms with Crippen LogP contribution in [0.25, 0.3) is 0 Å². The smallest absolute Gasteiger partial charge is 0.0929 e. The number of likely N-dealkylation sites (N-methyl/N-ethyl adjacent to an activating group) is 1. The SMILES string of the molecule is C=CC(C)(C)[C@]12CCN(C)[C@H]1N(CC=C(C)C)c1cc(Br)ccc12. The van der Waals surface area contributed by atoms with Crippen molar-refractivity contribution in [1.82, 2.24) is 4.90 Å². The Morgan fingerprint density at radius 1 is 1.42 bits per heavy atom. The summed E-state index contributed by atoms with van der Waals surface area (Å²) in [5.74, 6) is 0. The molecule has 2 aliphatic heterocycles. The Labute approximate surface area is 155 Å². The van der Waals surface area contributed by atoms with Gasteiger partial charge >= 0.3 is 0 Å². The fourth-order valence-corrected chi connectivity index (χ4v) is 5.02. The first-order chi connectivity index (χ1) is 11.2. The fourth-order valence-electron chi connectivity index (χ4n) is 4.67. The molecule has 1 aromatic carbocycles. The molecule has 0 aromatic heterocycles. The molecular weight excluding hydrogens is 360 g/mol. The highest BCUT2D eigenvalue weighted by Gasteiger charge is 2.61. The third-order valence-electron chi connectivity index (χ3n) is 6.12. The molecule has 2 atom stereocenters. The molecule has 2 heterocycles. The number of hydrogen-bond acceptors (Lipinski definition) is 2. The van der Waals surface area contributed by atoms with Gasteiger partial charge in [-0.3, -0.25) is 4.90 Å². The Balaban J connectivity index is 2.23. The van der Waals surface area contributed by atoms with E-state index in [1.807, 2.05) is 0 Å². The number of likely N-dealkylation sites (tertiary alicyclic amines) is 1. The zero-order valence-electron chi connectivity index (χ0n) is 15.6. The van der Waals surface area contributed by atoms with E-state index < -0.39 is 0 Å². The Morgan fingerprint density at radius 2 is 2.12 bits per heavy atom. The van der Waals surface area contributed by atoms with Gasteiger partial charge in [0.05, 0.1) is 6.17 Å². The largest absolute Gasteiger partial charge is 0.351 e. The third-order valence-corrected chi connectivity index (χ3v) is 6.61. The van der Waals surface area contributed by atoms with Crippen molar-refractivity contribution in [3.05, 3.63) is 52.5 Å². The van der Waals surface area contributed by atoms with Crippen LogP contribution in [0.2, 0.25) is 0 Å². The van der Waals surface area contributed by atoms with Crippen LogP contribution in [0.4, 0.5) is 5.69 Å². The van der Waals surface area contributed by atoms with E-state index in [-0.39, 0.29) is 10.8 Å². The molecule has 1 fully saturated rings. The summed E-state index contributed by atoms with van der Waals surface area (Å²) >= 11 is 3.68. The van der Waals surface area contributed by atoms with Crippen molar-refractivity contribution < 1.29 is 0 Å². The van der Waals surface area contributed by atoms with Gasteiger partial charge in [-0.1, -0.05) is 53.6 Å². The normalized spacial score (nSPS) is 26.2. The highest BCUT2D eigenvalue weighted by molar-refractivity contribution is 9.10. The number of rotatable bonds is 4. The van der Waals surface area contributed by atoms with Gasteiger partial charge in [-0.2, -0.15) is 0 Å². The molecule has 24 heavy (non-hydrogen) atoms. The molecule has 0 N–H and O–H groups in total. The van der Waals surface area contributed by atoms with Crippen molar-refractivity contribution in [1.29, 1.82) is 0 Å². The predicted octanol–water partition coefficient (Wildman–Crippen LogP) is 5.35. The van der Waals surface area contributed by atoms with E-state index in [9.17, 15) is 0 Å². The molecule has 130 valence electrons. The molecule has 0 amide bonds. The second kappa shape index (κ2) is 6.03. The predicted molar refractivity (Wildman–Crippen MR) is 108 cm³/mol. The minimum absolute atomic E-state index is 0.0325. The van der Waals surface area contributed by atoms with Gasteiger partial charge in [0.25, 0.3) is 0 Å². The van der Waals surface area contributed by atoms with Crippen molar-refractivity contribution >= 4 is 21.6 Å². The van der Waals surface area contributed by atoms with Crippen molar-refractivity contribution in [2.45, 2.75) is 45.7 Å². The van der Waals surface area contributed by atoms with Crippen molar-refractivity contribution in [3.63, 3.8) is 0 Å². The number of fused-ring (bicyclic) bond motifs is 3. The second-order valence-corrected chi connectivity index (χ2v) is 9.01. The minimum Gasteiger partial charge on any atom is -0.351 e. The average Bonchev–Trinajstić information content (AvgIpc) is 3.00. The van der Waals surface area contributed by atoms with Crippen molar-refractivity contribution in [2.24, 2.45) is 5.41 Å². The van der Waals surface area contributed by atoms with Crippen LogP contribution in [0.5, 0.6) is 0 Å². The van der Waals surface area contributed by atoms with E-state index >= 15 is 0 Å². The summed E-state index contributed by atoms with van der Waals surface area (Å²) in [6.07, 6.45) is 6.06. The lowest BCUT2D eigenvalue weighted by atomic mass is 9.60. The Morgan fingerprint density at radius 3 is 2.75 bits per heavy atom.